The monoisotopic (exact) mass is 259 g/mol. The molecular formula is C12H13N5S. The van der Waals surface area contributed by atoms with Crippen LogP contribution in [0.15, 0.2) is 17.4 Å². The van der Waals surface area contributed by atoms with Gasteiger partial charge < -0.3 is 5.32 Å². The van der Waals surface area contributed by atoms with Gasteiger partial charge in [-0.1, -0.05) is 11.8 Å². The van der Waals surface area contributed by atoms with Crippen LogP contribution in [0, 0.1) is 11.3 Å². The molecule has 2 rings (SSSR count). The second-order valence-electron chi connectivity index (χ2n) is 4.06. The molecule has 2 aromatic heterocycles. The van der Waals surface area contributed by atoms with Gasteiger partial charge in [0.1, 0.15) is 17.3 Å². The highest BCUT2D eigenvalue weighted by molar-refractivity contribution is 7.98. The van der Waals surface area contributed by atoms with Crippen molar-refractivity contribution in [2.24, 2.45) is 0 Å². The second kappa shape index (κ2) is 5.19. The molecule has 0 spiro atoms. The van der Waals surface area contributed by atoms with Crippen molar-refractivity contribution in [1.82, 2.24) is 15.0 Å². The number of hydrogen-bond donors (Lipinski definition) is 1. The van der Waals surface area contributed by atoms with Crippen molar-refractivity contribution in [2.75, 3.05) is 11.6 Å². The van der Waals surface area contributed by atoms with Crippen LogP contribution in [-0.4, -0.2) is 27.2 Å². The molecule has 92 valence electrons. The van der Waals surface area contributed by atoms with Crippen molar-refractivity contribution >= 4 is 28.5 Å². The van der Waals surface area contributed by atoms with Gasteiger partial charge in [0.2, 0.25) is 0 Å². The first-order chi connectivity index (χ1) is 8.63. The molecular weight excluding hydrogens is 246 g/mol. The maximum absolute atomic E-state index is 8.97. The van der Waals surface area contributed by atoms with Gasteiger partial charge >= 0.3 is 0 Å². The Kier molecular flexibility index (Phi) is 3.63. The average molecular weight is 259 g/mol. The van der Waals surface area contributed by atoms with Crippen molar-refractivity contribution in [3.05, 3.63) is 18.0 Å². The summed E-state index contributed by atoms with van der Waals surface area (Å²) in [4.78, 5) is 12.9. The zero-order valence-corrected chi connectivity index (χ0v) is 11.2. The third-order valence-corrected chi connectivity index (χ3v) is 2.83. The molecule has 2 heterocycles. The molecule has 0 aliphatic heterocycles. The van der Waals surface area contributed by atoms with Crippen LogP contribution in [0.1, 0.15) is 19.5 Å². The maximum atomic E-state index is 8.97. The minimum absolute atomic E-state index is 0.224. The number of nitrogens with one attached hydrogen (secondary N) is 1. The molecule has 18 heavy (non-hydrogen) atoms. The lowest BCUT2D eigenvalue weighted by molar-refractivity contribution is 0.887. The number of rotatable bonds is 3. The molecule has 0 aliphatic rings. The predicted molar refractivity (Wildman–Crippen MR) is 72.6 cm³/mol. The van der Waals surface area contributed by atoms with Crippen molar-refractivity contribution in [1.29, 1.82) is 5.26 Å². The number of fused-ring (bicyclic) bond motifs is 1. The molecule has 6 heteroatoms. The normalized spacial score (nSPS) is 10.6. The zero-order valence-electron chi connectivity index (χ0n) is 10.4. The Morgan fingerprint density at radius 2 is 2.17 bits per heavy atom. The van der Waals surface area contributed by atoms with Gasteiger partial charge in [0.25, 0.3) is 0 Å². The van der Waals surface area contributed by atoms with Gasteiger partial charge in [-0.3, -0.25) is 0 Å². The van der Waals surface area contributed by atoms with E-state index < -0.39 is 0 Å². The number of hydrogen-bond acceptors (Lipinski definition) is 6. The van der Waals surface area contributed by atoms with Crippen LogP contribution in [-0.2, 0) is 0 Å². The number of nitrogens with zero attached hydrogens (tertiary/aromatic N) is 4. The van der Waals surface area contributed by atoms with Crippen LogP contribution in [0.5, 0.6) is 0 Å². The molecule has 0 fully saturated rings. The average Bonchev–Trinajstić information content (AvgIpc) is 2.37. The van der Waals surface area contributed by atoms with Crippen molar-refractivity contribution in [3.8, 4) is 6.07 Å². The summed E-state index contributed by atoms with van der Waals surface area (Å²) in [5.74, 6) is 0.636. The summed E-state index contributed by atoms with van der Waals surface area (Å²) in [6, 6.07) is 3.97. The quantitative estimate of drug-likeness (QED) is 0.674. The summed E-state index contributed by atoms with van der Waals surface area (Å²) in [7, 11) is 0. The van der Waals surface area contributed by atoms with E-state index in [1.54, 1.807) is 12.3 Å². The third kappa shape index (κ3) is 2.51. The Balaban J connectivity index is 2.66. The number of pyridine rings is 1. The first kappa shape index (κ1) is 12.6. The lowest BCUT2D eigenvalue weighted by Gasteiger charge is -2.11. The molecule has 0 unspecified atom stereocenters. The fraction of sp³-hybridized carbons (Fsp3) is 0.333. The van der Waals surface area contributed by atoms with E-state index in [0.29, 0.717) is 16.7 Å². The minimum atomic E-state index is 0.224. The van der Waals surface area contributed by atoms with Crippen LogP contribution in [0.3, 0.4) is 0 Å². The number of thioether (sulfide) groups is 1. The van der Waals surface area contributed by atoms with Crippen LogP contribution >= 0.6 is 11.8 Å². The largest absolute Gasteiger partial charge is 0.366 e. The molecule has 0 radical (unpaired) electrons. The Hall–Kier alpha value is -1.87. The molecule has 0 aliphatic carbocycles. The Labute approximate surface area is 110 Å². The van der Waals surface area contributed by atoms with Gasteiger partial charge in [-0.25, -0.2) is 15.0 Å². The van der Waals surface area contributed by atoms with Crippen molar-refractivity contribution < 1.29 is 0 Å². The van der Waals surface area contributed by atoms with Crippen LogP contribution in [0.2, 0.25) is 0 Å². The van der Waals surface area contributed by atoms with Crippen molar-refractivity contribution in [3.63, 3.8) is 0 Å². The zero-order chi connectivity index (χ0) is 13.1. The van der Waals surface area contributed by atoms with E-state index >= 15 is 0 Å². The minimum Gasteiger partial charge on any atom is -0.366 e. The SMILES string of the molecule is CSc1ncc2cc(C#N)nc(NC(C)C)c2n1. The van der Waals surface area contributed by atoms with E-state index in [2.05, 4.69) is 20.3 Å². The fourth-order valence-electron chi connectivity index (χ4n) is 1.55. The van der Waals surface area contributed by atoms with E-state index in [4.69, 9.17) is 5.26 Å². The highest BCUT2D eigenvalue weighted by atomic mass is 32.2. The molecule has 1 N–H and O–H groups in total. The Morgan fingerprint density at radius 3 is 2.78 bits per heavy atom. The molecule has 0 saturated carbocycles. The summed E-state index contributed by atoms with van der Waals surface area (Å²) >= 11 is 1.48. The number of nitriles is 1. The van der Waals surface area contributed by atoms with Crippen LogP contribution < -0.4 is 5.32 Å². The summed E-state index contributed by atoms with van der Waals surface area (Å²) in [5.41, 5.74) is 1.12. The Morgan fingerprint density at radius 1 is 1.39 bits per heavy atom. The van der Waals surface area contributed by atoms with Gasteiger partial charge in [-0.05, 0) is 26.2 Å². The fourth-order valence-corrected chi connectivity index (χ4v) is 1.89. The van der Waals surface area contributed by atoms with Gasteiger partial charge in [-0.2, -0.15) is 5.26 Å². The molecule has 0 amide bonds. The summed E-state index contributed by atoms with van der Waals surface area (Å²) < 4.78 is 0. The van der Waals surface area contributed by atoms with Gasteiger partial charge in [-0.15, -0.1) is 0 Å². The standard InChI is InChI=1S/C12H13N5S/c1-7(2)15-11-10-8(4-9(5-13)16-11)6-14-12(17-10)18-3/h4,6-7H,1-3H3,(H,15,16). The van der Waals surface area contributed by atoms with E-state index in [1.807, 2.05) is 26.2 Å². The smallest absolute Gasteiger partial charge is 0.187 e. The lowest BCUT2D eigenvalue weighted by Crippen LogP contribution is -2.12. The highest BCUT2D eigenvalue weighted by Gasteiger charge is 2.10. The van der Waals surface area contributed by atoms with Crippen LogP contribution in [0.4, 0.5) is 5.82 Å². The summed E-state index contributed by atoms with van der Waals surface area (Å²) in [6.45, 7) is 4.03. The molecule has 5 nitrogen and oxygen atoms in total. The summed E-state index contributed by atoms with van der Waals surface area (Å²) in [5, 5.41) is 13.7. The maximum Gasteiger partial charge on any atom is 0.187 e. The first-order valence-corrected chi connectivity index (χ1v) is 6.75. The Bertz CT molecular complexity index is 618. The van der Waals surface area contributed by atoms with E-state index in [-0.39, 0.29) is 6.04 Å². The topological polar surface area (TPSA) is 74.5 Å². The molecule has 0 bridgehead atoms. The van der Waals surface area contributed by atoms with E-state index in [1.165, 1.54) is 11.8 Å². The molecule has 0 aromatic carbocycles. The second-order valence-corrected chi connectivity index (χ2v) is 4.83. The number of aromatic nitrogens is 3. The number of anilines is 1. The lowest BCUT2D eigenvalue weighted by atomic mass is 10.2. The van der Waals surface area contributed by atoms with E-state index in [9.17, 15) is 0 Å². The van der Waals surface area contributed by atoms with Gasteiger partial charge in [0, 0.05) is 17.6 Å². The van der Waals surface area contributed by atoms with Gasteiger partial charge in [0.15, 0.2) is 11.0 Å². The molecule has 0 atom stereocenters. The molecule has 2 aromatic rings. The van der Waals surface area contributed by atoms with Gasteiger partial charge in [0.05, 0.1) is 0 Å². The van der Waals surface area contributed by atoms with Crippen LogP contribution in [0.25, 0.3) is 10.9 Å². The first-order valence-electron chi connectivity index (χ1n) is 5.52. The van der Waals surface area contributed by atoms with E-state index in [0.717, 1.165) is 10.9 Å². The summed E-state index contributed by atoms with van der Waals surface area (Å²) in [6.07, 6.45) is 3.65. The van der Waals surface area contributed by atoms with Crippen molar-refractivity contribution in [2.45, 2.75) is 25.0 Å². The third-order valence-electron chi connectivity index (χ3n) is 2.27. The predicted octanol–water partition coefficient (Wildman–Crippen LogP) is 2.44. The highest BCUT2D eigenvalue weighted by Crippen LogP contribution is 2.22. The molecule has 0 saturated heterocycles.